The molecule has 2 rings (SSSR count). The predicted molar refractivity (Wildman–Crippen MR) is 69.0 cm³/mol. The van der Waals surface area contributed by atoms with Crippen LogP contribution in [-0.4, -0.2) is 38.4 Å². The third kappa shape index (κ3) is 6.34. The van der Waals surface area contributed by atoms with E-state index in [1.807, 2.05) is 30.3 Å². The second-order valence-corrected chi connectivity index (χ2v) is 3.92. The largest absolute Gasteiger partial charge is 0.377 e. The van der Waals surface area contributed by atoms with Crippen LogP contribution in [0, 0.1) is 0 Å². The van der Waals surface area contributed by atoms with E-state index in [4.69, 9.17) is 20.9 Å². The minimum atomic E-state index is -0.576. The fraction of sp³-hybridized carbons (Fsp3) is 0.462. The Kier molecular flexibility index (Phi) is 7.01. The molecule has 0 saturated carbocycles. The molecule has 0 unspecified atom stereocenters. The minimum absolute atomic E-state index is 0.459. The lowest BCUT2D eigenvalue weighted by Crippen LogP contribution is -2.38. The third-order valence-corrected chi connectivity index (χ3v) is 2.41. The van der Waals surface area contributed by atoms with Gasteiger partial charge in [0.1, 0.15) is 0 Å². The Balaban J connectivity index is 0.000000225. The minimum Gasteiger partial charge on any atom is -0.377 e. The van der Waals surface area contributed by atoms with Gasteiger partial charge in [-0.3, -0.25) is 4.79 Å². The summed E-state index contributed by atoms with van der Waals surface area (Å²) in [5, 5.41) is 0. The van der Waals surface area contributed by atoms with Crippen molar-refractivity contribution in [1.82, 2.24) is 0 Å². The summed E-state index contributed by atoms with van der Waals surface area (Å²) in [6, 6.07) is 8.99. The highest BCUT2D eigenvalue weighted by Gasteiger charge is 2.08. The second-order valence-electron chi connectivity index (χ2n) is 3.92. The average Bonchev–Trinajstić information content (AvgIpc) is 2.42. The zero-order chi connectivity index (χ0) is 13.2. The molecule has 1 fully saturated rings. The number of primary amides is 1. The average molecular weight is 252 g/mol. The maximum Gasteiger partial charge on any atom is 0.234 e. The molecule has 5 heteroatoms. The van der Waals surface area contributed by atoms with Crippen molar-refractivity contribution in [3.8, 4) is 0 Å². The van der Waals surface area contributed by atoms with E-state index in [9.17, 15) is 4.79 Å². The van der Waals surface area contributed by atoms with E-state index in [0.717, 1.165) is 32.0 Å². The topological polar surface area (TPSA) is 87.6 Å². The monoisotopic (exact) mass is 252 g/mol. The van der Waals surface area contributed by atoms with Gasteiger partial charge in [0.15, 0.2) is 0 Å². The van der Waals surface area contributed by atoms with Gasteiger partial charge in [-0.05, 0) is 12.0 Å². The van der Waals surface area contributed by atoms with Crippen molar-refractivity contribution < 1.29 is 14.3 Å². The van der Waals surface area contributed by atoms with Crippen LogP contribution < -0.4 is 11.5 Å². The highest BCUT2D eigenvalue weighted by atomic mass is 16.6. The lowest BCUT2D eigenvalue weighted by molar-refractivity contribution is -0.119. The first-order chi connectivity index (χ1) is 8.70. The van der Waals surface area contributed by atoms with E-state index in [-0.39, 0.29) is 0 Å². The molecular formula is C13H20N2O3. The molecule has 1 saturated heterocycles. The van der Waals surface area contributed by atoms with Crippen molar-refractivity contribution >= 4 is 5.91 Å². The molecule has 1 atom stereocenters. The van der Waals surface area contributed by atoms with Crippen LogP contribution in [0.25, 0.3) is 0 Å². The molecular weight excluding hydrogens is 232 g/mol. The fourth-order valence-corrected chi connectivity index (χ4v) is 1.41. The molecule has 0 aromatic heterocycles. The van der Waals surface area contributed by atoms with E-state index in [1.54, 1.807) is 0 Å². The number of rotatable bonds is 3. The Bertz CT molecular complexity index is 328. The summed E-state index contributed by atoms with van der Waals surface area (Å²) in [6.45, 7) is 3.11. The molecule has 5 nitrogen and oxygen atoms in total. The Morgan fingerprint density at radius 2 is 1.61 bits per heavy atom. The van der Waals surface area contributed by atoms with Crippen molar-refractivity contribution in [2.75, 3.05) is 26.4 Å². The molecule has 100 valence electrons. The van der Waals surface area contributed by atoms with Gasteiger partial charge < -0.3 is 20.9 Å². The molecule has 1 aliphatic heterocycles. The smallest absolute Gasteiger partial charge is 0.234 e. The van der Waals surface area contributed by atoms with Gasteiger partial charge in [0.2, 0.25) is 5.91 Å². The quantitative estimate of drug-likeness (QED) is 0.797. The van der Waals surface area contributed by atoms with Crippen LogP contribution in [0.2, 0.25) is 0 Å². The number of hydrogen-bond donors (Lipinski definition) is 2. The first-order valence-electron chi connectivity index (χ1n) is 5.94. The highest BCUT2D eigenvalue weighted by Crippen LogP contribution is 2.00. The molecule has 1 aromatic carbocycles. The first-order valence-corrected chi connectivity index (χ1v) is 5.94. The second kappa shape index (κ2) is 8.63. The molecule has 0 spiro atoms. The first kappa shape index (κ1) is 14.6. The SMILES string of the molecule is C1COCCO1.NC(=O)[C@@H](N)Cc1ccccc1. The maximum absolute atomic E-state index is 10.6. The normalized spacial score (nSPS) is 16.3. The third-order valence-electron chi connectivity index (χ3n) is 2.41. The fourth-order valence-electron chi connectivity index (χ4n) is 1.41. The number of carbonyl (C=O) groups excluding carboxylic acids is 1. The van der Waals surface area contributed by atoms with Gasteiger partial charge in [0.05, 0.1) is 32.5 Å². The summed E-state index contributed by atoms with van der Waals surface area (Å²) in [5.74, 6) is -0.459. The Morgan fingerprint density at radius 3 is 2.00 bits per heavy atom. The van der Waals surface area contributed by atoms with Crippen LogP contribution in [0.15, 0.2) is 30.3 Å². The number of amides is 1. The maximum atomic E-state index is 10.6. The van der Waals surface area contributed by atoms with Crippen LogP contribution in [0.5, 0.6) is 0 Å². The summed E-state index contributed by atoms with van der Waals surface area (Å²) in [6.07, 6.45) is 0.510. The molecule has 0 aliphatic carbocycles. The van der Waals surface area contributed by atoms with E-state index in [2.05, 4.69) is 0 Å². The van der Waals surface area contributed by atoms with Crippen molar-refractivity contribution in [2.45, 2.75) is 12.5 Å². The molecule has 1 heterocycles. The molecule has 18 heavy (non-hydrogen) atoms. The number of hydrogen-bond acceptors (Lipinski definition) is 4. The lowest BCUT2D eigenvalue weighted by Gasteiger charge is -2.09. The van der Waals surface area contributed by atoms with Gasteiger partial charge in [-0.15, -0.1) is 0 Å². The predicted octanol–water partition coefficient (Wildman–Crippen LogP) is 0.0749. The van der Waals surface area contributed by atoms with Crippen LogP contribution in [0.1, 0.15) is 5.56 Å². The van der Waals surface area contributed by atoms with Crippen molar-refractivity contribution in [1.29, 1.82) is 0 Å². The van der Waals surface area contributed by atoms with Gasteiger partial charge >= 0.3 is 0 Å². The van der Waals surface area contributed by atoms with Crippen molar-refractivity contribution in [3.05, 3.63) is 35.9 Å². The van der Waals surface area contributed by atoms with Gasteiger partial charge in [-0.2, -0.15) is 0 Å². The standard InChI is InChI=1S/C9H12N2O.C4H8O2/c10-8(9(11)12)6-7-4-2-1-3-5-7;1-2-6-4-3-5-1/h1-5,8H,6,10H2,(H2,11,12);1-4H2/t8-;/m0./s1. The zero-order valence-corrected chi connectivity index (χ0v) is 10.4. The van der Waals surface area contributed by atoms with Crippen LogP contribution >= 0.6 is 0 Å². The van der Waals surface area contributed by atoms with Gasteiger partial charge in [-0.1, -0.05) is 30.3 Å². The van der Waals surface area contributed by atoms with Crippen LogP contribution in [0.4, 0.5) is 0 Å². The van der Waals surface area contributed by atoms with Crippen molar-refractivity contribution in [3.63, 3.8) is 0 Å². The van der Waals surface area contributed by atoms with E-state index < -0.39 is 11.9 Å². The molecule has 1 amide bonds. The van der Waals surface area contributed by atoms with Crippen molar-refractivity contribution in [2.24, 2.45) is 11.5 Å². The Hall–Kier alpha value is -1.43. The Labute approximate surface area is 107 Å². The van der Waals surface area contributed by atoms with E-state index >= 15 is 0 Å². The summed E-state index contributed by atoms with van der Waals surface area (Å²) < 4.78 is 9.89. The number of benzene rings is 1. The summed E-state index contributed by atoms with van der Waals surface area (Å²) in [5.41, 5.74) is 11.5. The van der Waals surface area contributed by atoms with Crippen LogP contribution in [-0.2, 0) is 20.7 Å². The highest BCUT2D eigenvalue weighted by molar-refractivity contribution is 5.79. The van der Waals surface area contributed by atoms with Gasteiger partial charge in [0, 0.05) is 0 Å². The number of nitrogens with two attached hydrogens (primary N) is 2. The lowest BCUT2D eigenvalue weighted by atomic mass is 10.1. The Morgan fingerprint density at radius 1 is 1.11 bits per heavy atom. The van der Waals surface area contributed by atoms with Crippen LogP contribution in [0.3, 0.4) is 0 Å². The van der Waals surface area contributed by atoms with E-state index in [0.29, 0.717) is 6.42 Å². The molecule has 0 bridgehead atoms. The molecule has 4 N–H and O–H groups in total. The zero-order valence-electron chi connectivity index (χ0n) is 10.4. The molecule has 1 aromatic rings. The molecule has 1 aliphatic rings. The number of ether oxygens (including phenoxy) is 2. The van der Waals surface area contributed by atoms with E-state index in [1.165, 1.54) is 0 Å². The van der Waals surface area contributed by atoms with Gasteiger partial charge in [-0.25, -0.2) is 0 Å². The summed E-state index contributed by atoms with van der Waals surface area (Å²) in [7, 11) is 0. The summed E-state index contributed by atoms with van der Waals surface area (Å²) in [4.78, 5) is 10.6. The number of carbonyl (C=O) groups is 1. The molecule has 0 radical (unpaired) electrons. The van der Waals surface area contributed by atoms with Gasteiger partial charge in [0.25, 0.3) is 0 Å². The summed E-state index contributed by atoms with van der Waals surface area (Å²) >= 11 is 0.